The lowest BCUT2D eigenvalue weighted by Gasteiger charge is -2.19. The van der Waals surface area contributed by atoms with E-state index in [0.29, 0.717) is 77.4 Å². The van der Waals surface area contributed by atoms with Gasteiger partial charge in [-0.15, -0.1) is 0 Å². The number of esters is 1. The predicted molar refractivity (Wildman–Crippen MR) is 200 cm³/mol. The number of halogens is 6. The Balaban J connectivity index is 0.000000215. The fraction of sp³-hybridized carbons (Fsp3) is 0.409. The molecule has 0 aromatic heterocycles. The van der Waals surface area contributed by atoms with E-state index in [1.807, 2.05) is 13.8 Å². The highest BCUT2D eigenvalue weighted by Gasteiger charge is 2.32. The summed E-state index contributed by atoms with van der Waals surface area (Å²) in [5, 5.41) is 9.64. The Hall–Kier alpha value is -5.00. The van der Waals surface area contributed by atoms with Gasteiger partial charge < -0.3 is 19.3 Å². The number of carboxylic acids is 1. The second-order valence-corrected chi connectivity index (χ2v) is 14.7. The number of hydrogen-bond donors (Lipinski definition) is 1. The molecule has 4 aromatic rings. The van der Waals surface area contributed by atoms with Crippen LogP contribution in [-0.4, -0.2) is 36.9 Å². The molecule has 12 heteroatoms. The van der Waals surface area contributed by atoms with Crippen LogP contribution in [0.2, 0.25) is 0 Å². The van der Waals surface area contributed by atoms with E-state index in [9.17, 15) is 41.0 Å². The van der Waals surface area contributed by atoms with Crippen LogP contribution in [0.25, 0.3) is 22.3 Å². The van der Waals surface area contributed by atoms with Gasteiger partial charge in [0.2, 0.25) is 0 Å². The summed E-state index contributed by atoms with van der Waals surface area (Å²) in [6.07, 6.45) is -3.69. The van der Waals surface area contributed by atoms with E-state index < -0.39 is 35.4 Å². The van der Waals surface area contributed by atoms with Crippen LogP contribution in [0.15, 0.2) is 84.9 Å². The molecule has 0 heterocycles. The molecule has 2 fully saturated rings. The molecule has 1 N–H and O–H groups in total. The fourth-order valence-corrected chi connectivity index (χ4v) is 6.04. The lowest BCUT2D eigenvalue weighted by atomic mass is 9.89. The molecule has 300 valence electrons. The predicted octanol–water partition coefficient (Wildman–Crippen LogP) is 11.6. The number of alkyl halides is 6. The van der Waals surface area contributed by atoms with Gasteiger partial charge in [0.25, 0.3) is 0 Å². The largest absolute Gasteiger partial charge is 0.493 e. The maximum absolute atomic E-state index is 12.9. The second-order valence-electron chi connectivity index (χ2n) is 14.7. The summed E-state index contributed by atoms with van der Waals surface area (Å²) in [6, 6.07) is 20.5. The van der Waals surface area contributed by atoms with Crippen molar-refractivity contribution in [3.05, 3.63) is 107 Å². The Labute approximate surface area is 322 Å². The molecule has 2 aliphatic carbocycles. The number of carboxylic acid groups (broad SMARTS) is 1. The van der Waals surface area contributed by atoms with E-state index >= 15 is 0 Å². The van der Waals surface area contributed by atoms with Crippen LogP contribution < -0.4 is 9.47 Å². The monoisotopic (exact) mass is 784 g/mol. The van der Waals surface area contributed by atoms with Crippen molar-refractivity contribution in [2.24, 2.45) is 17.8 Å². The Morgan fingerprint density at radius 2 is 1.16 bits per heavy atom. The molecule has 0 bridgehead atoms. The van der Waals surface area contributed by atoms with Gasteiger partial charge in [0.15, 0.2) is 0 Å². The number of ether oxygens (including phenoxy) is 3. The molecule has 4 aromatic carbocycles. The standard InChI is InChI=1S/C23H25F3O3.C21H21F3O3/c1-14(2)11-20(22(27)28)17-7-10-19(21(12-17)29-13-15-3-4-15)16-5-8-18(9-6-16)23(24,25)26;1-2-26-20(25)12-15-5-10-18(19(11-15)27-13-14-3-4-14)16-6-8-17(9-7-16)21(22,23)24/h5-10,12,14-15,20H,3-4,11,13H2,1-2H3,(H,27,28);5-11,14H,2-4,12-13H2,1H3. The maximum Gasteiger partial charge on any atom is 0.416 e. The third-order valence-corrected chi connectivity index (χ3v) is 9.50. The van der Waals surface area contributed by atoms with E-state index in [1.165, 1.54) is 24.3 Å². The SMILES string of the molecule is CC(C)CC(C(=O)O)c1ccc(-c2ccc(C(F)(F)F)cc2)c(OCC2CC2)c1.CCOC(=O)Cc1ccc(-c2ccc(C(F)(F)F)cc2)c(OCC2CC2)c1. The van der Waals surface area contributed by atoms with Gasteiger partial charge in [0.05, 0.1) is 43.3 Å². The molecular weight excluding hydrogens is 738 g/mol. The summed E-state index contributed by atoms with van der Waals surface area (Å²) in [5.74, 6) is 0.445. The summed E-state index contributed by atoms with van der Waals surface area (Å²) in [6.45, 7) is 7.09. The van der Waals surface area contributed by atoms with E-state index in [0.717, 1.165) is 55.5 Å². The lowest BCUT2D eigenvalue weighted by Crippen LogP contribution is -2.14. The fourth-order valence-electron chi connectivity index (χ4n) is 6.04. The number of hydrogen-bond acceptors (Lipinski definition) is 5. The van der Waals surface area contributed by atoms with Gasteiger partial charge in [-0.25, -0.2) is 0 Å². The Morgan fingerprint density at radius 1 is 0.696 bits per heavy atom. The van der Waals surface area contributed by atoms with Crippen molar-refractivity contribution in [2.45, 2.75) is 77.6 Å². The molecule has 0 saturated heterocycles. The first kappa shape index (κ1) is 42.1. The Bertz CT molecular complexity index is 1930. The number of carbonyl (C=O) groups is 2. The quantitative estimate of drug-likeness (QED) is 0.0955. The van der Waals surface area contributed by atoms with Crippen LogP contribution >= 0.6 is 0 Å². The summed E-state index contributed by atoms with van der Waals surface area (Å²) >= 11 is 0. The molecular formula is C44H46F6O6. The van der Waals surface area contributed by atoms with Crippen molar-refractivity contribution in [1.29, 1.82) is 0 Å². The van der Waals surface area contributed by atoms with Gasteiger partial charge in [-0.05, 0) is 115 Å². The molecule has 0 amide bonds. The zero-order valence-corrected chi connectivity index (χ0v) is 31.5. The average molecular weight is 785 g/mol. The zero-order valence-electron chi connectivity index (χ0n) is 31.5. The number of aliphatic carboxylic acids is 1. The molecule has 1 atom stereocenters. The summed E-state index contributed by atoms with van der Waals surface area (Å²) in [7, 11) is 0. The van der Waals surface area contributed by atoms with E-state index in [4.69, 9.17) is 14.2 Å². The smallest absolute Gasteiger partial charge is 0.416 e. The molecule has 0 aliphatic heterocycles. The Kier molecular flexibility index (Phi) is 13.8. The summed E-state index contributed by atoms with van der Waals surface area (Å²) < 4.78 is 93.8. The van der Waals surface area contributed by atoms with Crippen LogP contribution in [0, 0.1) is 17.8 Å². The Morgan fingerprint density at radius 3 is 1.57 bits per heavy atom. The minimum atomic E-state index is -4.39. The minimum Gasteiger partial charge on any atom is -0.493 e. The molecule has 0 spiro atoms. The van der Waals surface area contributed by atoms with Gasteiger partial charge in [-0.1, -0.05) is 62.4 Å². The van der Waals surface area contributed by atoms with Gasteiger partial charge >= 0.3 is 24.3 Å². The van der Waals surface area contributed by atoms with Crippen molar-refractivity contribution in [1.82, 2.24) is 0 Å². The topological polar surface area (TPSA) is 82.1 Å². The van der Waals surface area contributed by atoms with Crippen molar-refractivity contribution in [3.8, 4) is 33.8 Å². The molecule has 2 saturated carbocycles. The van der Waals surface area contributed by atoms with Crippen LogP contribution in [0.1, 0.15) is 81.0 Å². The average Bonchev–Trinajstić information content (AvgIpc) is 4.08. The normalized spacial score (nSPS) is 14.8. The van der Waals surface area contributed by atoms with Crippen molar-refractivity contribution in [3.63, 3.8) is 0 Å². The van der Waals surface area contributed by atoms with Crippen LogP contribution in [0.4, 0.5) is 26.3 Å². The number of carbonyl (C=O) groups excluding carboxylic acids is 1. The van der Waals surface area contributed by atoms with Crippen LogP contribution in [0.3, 0.4) is 0 Å². The van der Waals surface area contributed by atoms with Gasteiger partial charge in [0, 0.05) is 11.1 Å². The van der Waals surface area contributed by atoms with E-state index in [1.54, 1.807) is 43.3 Å². The van der Waals surface area contributed by atoms with Crippen LogP contribution in [0.5, 0.6) is 11.5 Å². The van der Waals surface area contributed by atoms with Crippen LogP contribution in [-0.2, 0) is 33.1 Å². The minimum absolute atomic E-state index is 0.126. The van der Waals surface area contributed by atoms with Gasteiger partial charge in [0.1, 0.15) is 11.5 Å². The second kappa shape index (κ2) is 18.3. The zero-order chi connectivity index (χ0) is 40.6. The first-order valence-electron chi connectivity index (χ1n) is 18.8. The highest BCUT2D eigenvalue weighted by molar-refractivity contribution is 5.78. The first-order valence-corrected chi connectivity index (χ1v) is 18.8. The molecule has 2 aliphatic rings. The highest BCUT2D eigenvalue weighted by Crippen LogP contribution is 2.40. The lowest BCUT2D eigenvalue weighted by molar-refractivity contribution is -0.142. The number of rotatable bonds is 15. The van der Waals surface area contributed by atoms with Gasteiger partial charge in [-0.2, -0.15) is 26.3 Å². The third kappa shape index (κ3) is 12.2. The molecule has 6 nitrogen and oxygen atoms in total. The highest BCUT2D eigenvalue weighted by atomic mass is 19.4. The maximum atomic E-state index is 12.9. The van der Waals surface area contributed by atoms with Crippen molar-refractivity contribution >= 4 is 11.9 Å². The summed E-state index contributed by atoms with van der Waals surface area (Å²) in [5.41, 5.74) is 2.60. The van der Waals surface area contributed by atoms with E-state index in [-0.39, 0.29) is 18.3 Å². The van der Waals surface area contributed by atoms with Crippen molar-refractivity contribution < 1.29 is 55.2 Å². The molecule has 1 unspecified atom stereocenters. The third-order valence-electron chi connectivity index (χ3n) is 9.50. The number of benzene rings is 4. The van der Waals surface area contributed by atoms with E-state index in [2.05, 4.69) is 0 Å². The first-order chi connectivity index (χ1) is 26.5. The summed E-state index contributed by atoms with van der Waals surface area (Å²) in [4.78, 5) is 23.5. The molecule has 6 rings (SSSR count). The molecule has 56 heavy (non-hydrogen) atoms. The van der Waals surface area contributed by atoms with Crippen molar-refractivity contribution in [2.75, 3.05) is 19.8 Å². The van der Waals surface area contributed by atoms with Gasteiger partial charge in [-0.3, -0.25) is 9.59 Å². The molecule has 0 radical (unpaired) electrons.